The van der Waals surface area contributed by atoms with E-state index in [4.69, 9.17) is 0 Å². The summed E-state index contributed by atoms with van der Waals surface area (Å²) in [6, 6.07) is 8.29. The molecule has 1 fully saturated rings. The van der Waals surface area contributed by atoms with Crippen LogP contribution in [0.3, 0.4) is 0 Å². The van der Waals surface area contributed by atoms with E-state index >= 15 is 0 Å². The van der Waals surface area contributed by atoms with Gasteiger partial charge in [0.1, 0.15) is 17.0 Å². The maximum absolute atomic E-state index is 12.7. The molecule has 2 aliphatic heterocycles. The van der Waals surface area contributed by atoms with Crippen molar-refractivity contribution >= 4 is 39.0 Å². The number of hydrogen-bond acceptors (Lipinski definition) is 6. The van der Waals surface area contributed by atoms with Gasteiger partial charge >= 0.3 is 0 Å². The lowest BCUT2D eigenvalue weighted by molar-refractivity contribution is -0.126. The third-order valence-electron chi connectivity index (χ3n) is 6.05. The minimum absolute atomic E-state index is 0.103. The number of nitrogens with one attached hydrogen (secondary N) is 1. The molecule has 1 aromatic carbocycles. The van der Waals surface area contributed by atoms with E-state index in [9.17, 15) is 4.79 Å². The lowest BCUT2D eigenvalue weighted by Gasteiger charge is -2.26. The van der Waals surface area contributed by atoms with Gasteiger partial charge in [-0.05, 0) is 62.5 Å². The van der Waals surface area contributed by atoms with Crippen LogP contribution in [0.4, 0.5) is 11.5 Å². The summed E-state index contributed by atoms with van der Waals surface area (Å²) < 4.78 is 0. The van der Waals surface area contributed by atoms with Gasteiger partial charge in [0.15, 0.2) is 0 Å². The minimum Gasteiger partial charge on any atom is -0.340 e. The number of thiophene rings is 1. The molecule has 1 N–H and O–H groups in total. The summed E-state index contributed by atoms with van der Waals surface area (Å²) in [6.07, 6.45) is 8.76. The molecule has 5 rings (SSSR count). The number of carbonyl (C=O) groups excluding carboxylic acids is 1. The quantitative estimate of drug-likeness (QED) is 0.609. The van der Waals surface area contributed by atoms with Crippen molar-refractivity contribution in [3.05, 3.63) is 58.7 Å². The Labute approximate surface area is 186 Å². The summed E-state index contributed by atoms with van der Waals surface area (Å²) in [6.45, 7) is 6.62. The number of aromatic nitrogens is 2. The van der Waals surface area contributed by atoms with Crippen molar-refractivity contribution < 1.29 is 4.79 Å². The third-order valence-corrected chi connectivity index (χ3v) is 7.18. The summed E-state index contributed by atoms with van der Waals surface area (Å²) in [5.41, 5.74) is 3.51. The van der Waals surface area contributed by atoms with Gasteiger partial charge in [0.25, 0.3) is 0 Å². The average molecular weight is 434 g/mol. The van der Waals surface area contributed by atoms with Crippen LogP contribution >= 0.6 is 11.3 Å². The molecule has 7 heteroatoms. The fourth-order valence-electron chi connectivity index (χ4n) is 4.44. The molecular formula is C24H27N5OS. The van der Waals surface area contributed by atoms with Gasteiger partial charge in [0, 0.05) is 29.7 Å². The standard InChI is InChI=1S/C24H27N5OS/c1-17-6-4-7-18(14-17)27-23-22-19-9-13-29(15-20(19)31-24(22)26-16-25-23)21(30)8-5-12-28-10-2-3-11-28/h4-8,14,16H,2-3,9-13,15H2,1H3,(H,25,26,27)/b8-5+. The van der Waals surface area contributed by atoms with Gasteiger partial charge in [-0.2, -0.15) is 0 Å². The number of benzene rings is 1. The Bertz CT molecular complexity index is 1130. The molecule has 160 valence electrons. The van der Waals surface area contributed by atoms with Gasteiger partial charge < -0.3 is 10.2 Å². The van der Waals surface area contributed by atoms with Crippen molar-refractivity contribution in [1.82, 2.24) is 19.8 Å². The highest BCUT2D eigenvalue weighted by atomic mass is 32.1. The van der Waals surface area contributed by atoms with Crippen molar-refractivity contribution in [3.63, 3.8) is 0 Å². The predicted molar refractivity (Wildman–Crippen MR) is 126 cm³/mol. The molecule has 0 radical (unpaired) electrons. The van der Waals surface area contributed by atoms with Crippen molar-refractivity contribution in [2.24, 2.45) is 0 Å². The summed E-state index contributed by atoms with van der Waals surface area (Å²) in [5.74, 6) is 0.949. The largest absolute Gasteiger partial charge is 0.340 e. The van der Waals surface area contributed by atoms with E-state index in [2.05, 4.69) is 45.3 Å². The fraction of sp³-hybridized carbons (Fsp3) is 0.375. The number of anilines is 2. The second-order valence-electron chi connectivity index (χ2n) is 8.32. The van der Waals surface area contributed by atoms with Crippen LogP contribution in [0.25, 0.3) is 10.2 Å². The second-order valence-corrected chi connectivity index (χ2v) is 9.40. The lowest BCUT2D eigenvalue weighted by atomic mass is 10.0. The van der Waals surface area contributed by atoms with Crippen LogP contribution in [0, 0.1) is 6.92 Å². The number of likely N-dealkylation sites (tertiary alicyclic amines) is 1. The molecule has 2 aromatic heterocycles. The molecule has 0 aliphatic carbocycles. The molecule has 31 heavy (non-hydrogen) atoms. The van der Waals surface area contributed by atoms with Crippen LogP contribution < -0.4 is 5.32 Å². The highest BCUT2D eigenvalue weighted by molar-refractivity contribution is 7.19. The van der Waals surface area contributed by atoms with Crippen LogP contribution in [-0.2, 0) is 17.8 Å². The topological polar surface area (TPSA) is 61.4 Å². The van der Waals surface area contributed by atoms with Gasteiger partial charge in [-0.1, -0.05) is 18.2 Å². The predicted octanol–water partition coefficient (Wildman–Crippen LogP) is 4.28. The molecule has 0 saturated carbocycles. The van der Waals surface area contributed by atoms with E-state index in [0.717, 1.165) is 54.3 Å². The van der Waals surface area contributed by atoms with Gasteiger partial charge in [-0.25, -0.2) is 9.97 Å². The maximum Gasteiger partial charge on any atom is 0.246 e. The zero-order chi connectivity index (χ0) is 21.2. The molecule has 0 bridgehead atoms. The minimum atomic E-state index is 0.103. The van der Waals surface area contributed by atoms with E-state index < -0.39 is 0 Å². The summed E-state index contributed by atoms with van der Waals surface area (Å²) >= 11 is 1.68. The van der Waals surface area contributed by atoms with Crippen LogP contribution in [-0.4, -0.2) is 51.9 Å². The Morgan fingerprint density at radius 2 is 2.10 bits per heavy atom. The number of nitrogens with zero attached hydrogens (tertiary/aromatic N) is 4. The van der Waals surface area contributed by atoms with Gasteiger partial charge in [-0.15, -0.1) is 11.3 Å². The SMILES string of the molecule is Cc1cccc(Nc2ncnc3sc4c(c23)CCN(C(=O)/C=C/CN2CCCC2)C4)c1. The average Bonchev–Trinajstić information content (AvgIpc) is 3.41. The Morgan fingerprint density at radius 1 is 1.23 bits per heavy atom. The van der Waals surface area contributed by atoms with E-state index in [1.54, 1.807) is 23.7 Å². The van der Waals surface area contributed by atoms with Crippen molar-refractivity contribution in [2.75, 3.05) is 31.5 Å². The second kappa shape index (κ2) is 8.77. The molecular weight excluding hydrogens is 406 g/mol. The molecule has 1 amide bonds. The van der Waals surface area contributed by atoms with E-state index in [0.29, 0.717) is 6.54 Å². The molecule has 0 atom stereocenters. The first-order valence-electron chi connectivity index (χ1n) is 10.9. The third kappa shape index (κ3) is 4.34. The number of fused-ring (bicyclic) bond motifs is 3. The van der Waals surface area contributed by atoms with E-state index in [1.807, 2.05) is 17.0 Å². The van der Waals surface area contributed by atoms with Gasteiger partial charge in [0.05, 0.1) is 11.9 Å². The molecule has 4 heterocycles. The van der Waals surface area contributed by atoms with Crippen LogP contribution in [0.1, 0.15) is 28.8 Å². The van der Waals surface area contributed by atoms with Gasteiger partial charge in [-0.3, -0.25) is 9.69 Å². The fourth-order valence-corrected chi connectivity index (χ4v) is 5.65. The first kappa shape index (κ1) is 20.2. The van der Waals surface area contributed by atoms with Crippen molar-refractivity contribution in [3.8, 4) is 0 Å². The normalized spacial score (nSPS) is 16.9. The monoisotopic (exact) mass is 433 g/mol. The molecule has 0 spiro atoms. The van der Waals surface area contributed by atoms with Crippen LogP contribution in [0.5, 0.6) is 0 Å². The summed E-state index contributed by atoms with van der Waals surface area (Å²) in [7, 11) is 0. The number of aryl methyl sites for hydroxylation is 1. The Morgan fingerprint density at radius 3 is 2.94 bits per heavy atom. The van der Waals surface area contributed by atoms with E-state index in [-0.39, 0.29) is 5.91 Å². The van der Waals surface area contributed by atoms with E-state index in [1.165, 1.54) is 28.8 Å². The van der Waals surface area contributed by atoms with Crippen molar-refractivity contribution in [2.45, 2.75) is 32.7 Å². The Kier molecular flexibility index (Phi) is 5.70. The smallest absolute Gasteiger partial charge is 0.246 e. The molecule has 0 unspecified atom stereocenters. The zero-order valence-corrected chi connectivity index (χ0v) is 18.6. The first-order chi connectivity index (χ1) is 15.2. The number of carbonyl (C=O) groups is 1. The maximum atomic E-state index is 12.7. The van der Waals surface area contributed by atoms with Crippen LogP contribution in [0.2, 0.25) is 0 Å². The summed E-state index contributed by atoms with van der Waals surface area (Å²) in [5, 5.41) is 4.57. The molecule has 6 nitrogen and oxygen atoms in total. The van der Waals surface area contributed by atoms with Crippen LogP contribution in [0.15, 0.2) is 42.7 Å². The van der Waals surface area contributed by atoms with Gasteiger partial charge in [0.2, 0.25) is 5.91 Å². The number of amides is 1. The molecule has 2 aliphatic rings. The van der Waals surface area contributed by atoms with Crippen molar-refractivity contribution in [1.29, 1.82) is 0 Å². The molecule has 1 saturated heterocycles. The Hall–Kier alpha value is -2.77. The summed E-state index contributed by atoms with van der Waals surface area (Å²) in [4.78, 5) is 28.3. The lowest BCUT2D eigenvalue weighted by Crippen LogP contribution is -2.34. The first-order valence-corrected chi connectivity index (χ1v) is 11.8. The highest BCUT2D eigenvalue weighted by Crippen LogP contribution is 2.38. The Balaban J connectivity index is 1.33. The zero-order valence-electron chi connectivity index (χ0n) is 17.8. The highest BCUT2D eigenvalue weighted by Gasteiger charge is 2.25. The molecule has 3 aromatic rings. The number of rotatable bonds is 5. The number of hydrogen-bond donors (Lipinski definition) is 1.